The fourth-order valence-corrected chi connectivity index (χ4v) is 3.64. The molecule has 3 nitrogen and oxygen atoms in total. The first-order chi connectivity index (χ1) is 8.81. The first-order valence-electron chi connectivity index (χ1n) is 6.80. The minimum absolute atomic E-state index is 0.631. The average molecular weight is 241 g/mol. The molecular formula is C15H19N3. The van der Waals surface area contributed by atoms with Crippen molar-refractivity contribution in [2.24, 2.45) is 11.7 Å². The molecule has 0 aliphatic carbocycles. The zero-order valence-corrected chi connectivity index (χ0v) is 10.5. The Morgan fingerprint density at radius 1 is 1.28 bits per heavy atom. The molecule has 0 radical (unpaired) electrons. The summed E-state index contributed by atoms with van der Waals surface area (Å²) in [5.41, 5.74) is 7.80. The zero-order chi connectivity index (χ0) is 12.5. The summed E-state index contributed by atoms with van der Waals surface area (Å²) in [5.74, 6) is 0.692. The Morgan fingerprint density at radius 2 is 2.00 bits per heavy atom. The molecule has 2 heterocycles. The Morgan fingerprint density at radius 3 is 2.61 bits per heavy atom. The van der Waals surface area contributed by atoms with Gasteiger partial charge >= 0.3 is 0 Å². The van der Waals surface area contributed by atoms with Crippen LogP contribution in [0.1, 0.15) is 31.2 Å². The second-order valence-electron chi connectivity index (χ2n) is 5.53. The van der Waals surface area contributed by atoms with Crippen molar-refractivity contribution in [3.8, 4) is 6.07 Å². The van der Waals surface area contributed by atoms with E-state index in [2.05, 4.69) is 17.0 Å². The first-order valence-corrected chi connectivity index (χ1v) is 6.80. The number of nitriles is 1. The molecule has 3 heteroatoms. The third-order valence-electron chi connectivity index (χ3n) is 4.44. The fourth-order valence-electron chi connectivity index (χ4n) is 3.64. The molecule has 2 fully saturated rings. The van der Waals surface area contributed by atoms with Gasteiger partial charge in [-0.25, -0.2) is 0 Å². The maximum atomic E-state index is 9.00. The molecule has 3 rings (SSSR count). The smallest absolute Gasteiger partial charge is 0.0992 e. The van der Waals surface area contributed by atoms with Gasteiger partial charge in [-0.1, -0.05) is 6.07 Å². The van der Waals surface area contributed by atoms with Crippen LogP contribution in [0.5, 0.6) is 0 Å². The number of nitrogens with two attached hydrogens (primary N) is 1. The Balaban J connectivity index is 1.87. The van der Waals surface area contributed by atoms with Gasteiger partial charge in [-0.15, -0.1) is 0 Å². The SMILES string of the molecule is N#Cc1cccc(N2C3CCC2CC(CN)C3)c1. The highest BCUT2D eigenvalue weighted by Gasteiger charge is 2.40. The molecule has 94 valence electrons. The fraction of sp³-hybridized carbons (Fsp3) is 0.533. The highest BCUT2D eigenvalue weighted by Crippen LogP contribution is 2.41. The maximum Gasteiger partial charge on any atom is 0.0992 e. The second-order valence-corrected chi connectivity index (χ2v) is 5.53. The Kier molecular flexibility index (Phi) is 2.97. The van der Waals surface area contributed by atoms with E-state index in [9.17, 15) is 0 Å². The molecule has 0 saturated carbocycles. The normalized spacial score (nSPS) is 30.2. The molecule has 0 amide bonds. The number of hydrogen-bond acceptors (Lipinski definition) is 3. The van der Waals surface area contributed by atoms with Crippen molar-refractivity contribution >= 4 is 5.69 Å². The molecule has 2 aliphatic heterocycles. The molecule has 2 bridgehead atoms. The van der Waals surface area contributed by atoms with Gasteiger partial charge in [-0.05, 0) is 56.3 Å². The van der Waals surface area contributed by atoms with Crippen LogP contribution in [-0.2, 0) is 0 Å². The van der Waals surface area contributed by atoms with Crippen molar-refractivity contribution < 1.29 is 0 Å². The van der Waals surface area contributed by atoms with Gasteiger partial charge in [0.25, 0.3) is 0 Å². The van der Waals surface area contributed by atoms with Gasteiger partial charge < -0.3 is 10.6 Å². The van der Waals surface area contributed by atoms with Gasteiger partial charge in [0.15, 0.2) is 0 Å². The predicted octanol–water partition coefficient (Wildman–Crippen LogP) is 2.26. The molecule has 2 aliphatic rings. The molecule has 1 aromatic carbocycles. The lowest BCUT2D eigenvalue weighted by molar-refractivity contribution is 0.347. The zero-order valence-electron chi connectivity index (χ0n) is 10.5. The van der Waals surface area contributed by atoms with Crippen LogP contribution in [0.15, 0.2) is 24.3 Å². The van der Waals surface area contributed by atoms with Gasteiger partial charge in [0.1, 0.15) is 0 Å². The average Bonchev–Trinajstić information content (AvgIpc) is 2.69. The quantitative estimate of drug-likeness (QED) is 0.864. The maximum absolute atomic E-state index is 9.00. The number of benzene rings is 1. The van der Waals surface area contributed by atoms with E-state index in [4.69, 9.17) is 11.0 Å². The van der Waals surface area contributed by atoms with Gasteiger partial charge in [0, 0.05) is 17.8 Å². The number of hydrogen-bond donors (Lipinski definition) is 1. The van der Waals surface area contributed by atoms with Crippen LogP contribution in [0.3, 0.4) is 0 Å². The van der Waals surface area contributed by atoms with E-state index in [1.807, 2.05) is 18.2 Å². The highest BCUT2D eigenvalue weighted by molar-refractivity contribution is 5.54. The number of piperidine rings is 1. The summed E-state index contributed by atoms with van der Waals surface area (Å²) in [5, 5.41) is 9.00. The van der Waals surface area contributed by atoms with Crippen molar-refractivity contribution in [3.05, 3.63) is 29.8 Å². The monoisotopic (exact) mass is 241 g/mol. The third-order valence-corrected chi connectivity index (χ3v) is 4.44. The molecule has 2 atom stereocenters. The van der Waals surface area contributed by atoms with Crippen LogP contribution in [0, 0.1) is 17.2 Å². The van der Waals surface area contributed by atoms with Crippen molar-refractivity contribution in [1.29, 1.82) is 5.26 Å². The molecule has 2 unspecified atom stereocenters. The number of fused-ring (bicyclic) bond motifs is 2. The molecule has 0 spiro atoms. The molecule has 18 heavy (non-hydrogen) atoms. The third kappa shape index (κ3) is 1.87. The largest absolute Gasteiger partial charge is 0.366 e. The van der Waals surface area contributed by atoms with Crippen LogP contribution in [-0.4, -0.2) is 18.6 Å². The Hall–Kier alpha value is -1.53. The summed E-state index contributed by atoms with van der Waals surface area (Å²) >= 11 is 0. The van der Waals surface area contributed by atoms with Gasteiger partial charge in [-0.3, -0.25) is 0 Å². The topological polar surface area (TPSA) is 53.0 Å². The van der Waals surface area contributed by atoms with E-state index in [-0.39, 0.29) is 0 Å². The Bertz CT molecular complexity index is 463. The van der Waals surface area contributed by atoms with Gasteiger partial charge in [-0.2, -0.15) is 5.26 Å². The van der Waals surface area contributed by atoms with Crippen molar-refractivity contribution in [2.45, 2.75) is 37.8 Å². The van der Waals surface area contributed by atoms with Crippen LogP contribution < -0.4 is 10.6 Å². The van der Waals surface area contributed by atoms with Crippen LogP contribution in [0.4, 0.5) is 5.69 Å². The minimum atomic E-state index is 0.631. The van der Waals surface area contributed by atoms with Crippen LogP contribution >= 0.6 is 0 Å². The van der Waals surface area contributed by atoms with Crippen LogP contribution in [0.2, 0.25) is 0 Å². The second kappa shape index (κ2) is 4.62. The number of nitrogens with zero attached hydrogens (tertiary/aromatic N) is 2. The lowest BCUT2D eigenvalue weighted by Gasteiger charge is -2.40. The summed E-state index contributed by atoms with van der Waals surface area (Å²) in [6, 6.07) is 11.5. The number of anilines is 1. The summed E-state index contributed by atoms with van der Waals surface area (Å²) in [7, 11) is 0. The van der Waals surface area contributed by atoms with E-state index in [1.165, 1.54) is 31.4 Å². The summed E-state index contributed by atoms with van der Waals surface area (Å²) in [6.45, 7) is 0.819. The van der Waals surface area contributed by atoms with Gasteiger partial charge in [0.05, 0.1) is 11.6 Å². The van der Waals surface area contributed by atoms with E-state index in [0.29, 0.717) is 18.0 Å². The molecule has 2 saturated heterocycles. The van der Waals surface area contributed by atoms with Crippen molar-refractivity contribution in [3.63, 3.8) is 0 Å². The summed E-state index contributed by atoms with van der Waals surface area (Å²) in [4.78, 5) is 2.53. The molecule has 0 aromatic heterocycles. The van der Waals surface area contributed by atoms with Crippen molar-refractivity contribution in [1.82, 2.24) is 0 Å². The van der Waals surface area contributed by atoms with E-state index >= 15 is 0 Å². The van der Waals surface area contributed by atoms with Crippen molar-refractivity contribution in [2.75, 3.05) is 11.4 Å². The molecule has 1 aromatic rings. The lowest BCUT2D eigenvalue weighted by atomic mass is 9.90. The van der Waals surface area contributed by atoms with E-state index in [0.717, 1.165) is 12.1 Å². The summed E-state index contributed by atoms with van der Waals surface area (Å²) < 4.78 is 0. The van der Waals surface area contributed by atoms with E-state index < -0.39 is 0 Å². The van der Waals surface area contributed by atoms with Gasteiger partial charge in [0.2, 0.25) is 0 Å². The minimum Gasteiger partial charge on any atom is -0.366 e. The highest BCUT2D eigenvalue weighted by atomic mass is 15.2. The summed E-state index contributed by atoms with van der Waals surface area (Å²) in [6.07, 6.45) is 4.98. The number of rotatable bonds is 2. The molecular weight excluding hydrogens is 222 g/mol. The molecule has 2 N–H and O–H groups in total. The Labute approximate surface area is 108 Å². The predicted molar refractivity (Wildman–Crippen MR) is 72.2 cm³/mol. The first kappa shape index (κ1) is 11.6. The lowest BCUT2D eigenvalue weighted by Crippen LogP contribution is -2.44. The van der Waals surface area contributed by atoms with E-state index in [1.54, 1.807) is 0 Å². The standard InChI is InChI=1S/C15H19N3/c16-9-11-2-1-3-13(6-11)18-14-4-5-15(18)8-12(7-14)10-17/h1-3,6,12,14-15H,4-5,7-8,10,17H2. The van der Waals surface area contributed by atoms with Crippen LogP contribution in [0.25, 0.3) is 0 Å².